The number of carbonyl (C=O) groups is 1. The van der Waals surface area contributed by atoms with Crippen LogP contribution in [0.15, 0.2) is 23.1 Å². The molecule has 0 aliphatic carbocycles. The topological polar surface area (TPSA) is 53.2 Å². The van der Waals surface area contributed by atoms with E-state index in [1.165, 1.54) is 12.3 Å². The van der Waals surface area contributed by atoms with Crippen molar-refractivity contribution in [3.8, 4) is 0 Å². The molecule has 2 rings (SSSR count). The van der Waals surface area contributed by atoms with E-state index >= 15 is 0 Å². The summed E-state index contributed by atoms with van der Waals surface area (Å²) in [6.07, 6.45) is 5.49. The third-order valence-corrected chi connectivity index (χ3v) is 3.57. The molecule has 98 valence electrons. The molecule has 0 saturated carbocycles. The van der Waals surface area contributed by atoms with E-state index in [2.05, 4.69) is 4.98 Å². The predicted molar refractivity (Wildman–Crippen MR) is 71.1 cm³/mol. The summed E-state index contributed by atoms with van der Waals surface area (Å²) < 4.78 is 0. The molecule has 1 aromatic rings. The minimum Gasteiger partial charge on any atom is -0.336 e. The van der Waals surface area contributed by atoms with E-state index in [0.29, 0.717) is 11.4 Å². The molecule has 1 saturated heterocycles. The Kier molecular flexibility index (Phi) is 4.42. The van der Waals surface area contributed by atoms with Crippen LogP contribution in [-0.4, -0.2) is 34.3 Å². The highest BCUT2D eigenvalue weighted by atomic mass is 35.5. The number of piperidine rings is 1. The van der Waals surface area contributed by atoms with Crippen molar-refractivity contribution in [1.29, 1.82) is 0 Å². The maximum Gasteiger partial charge on any atom is 0.254 e. The number of rotatable bonds is 3. The number of nitrogens with one attached hydrogen (secondary N) is 1. The van der Waals surface area contributed by atoms with E-state index in [1.54, 1.807) is 6.07 Å². The van der Waals surface area contributed by atoms with E-state index in [4.69, 9.17) is 11.6 Å². The number of pyridine rings is 1. The number of hydrogen-bond donors (Lipinski definition) is 1. The summed E-state index contributed by atoms with van der Waals surface area (Å²) in [6.45, 7) is 0.757. The molecule has 5 heteroatoms. The smallest absolute Gasteiger partial charge is 0.254 e. The van der Waals surface area contributed by atoms with Gasteiger partial charge in [-0.3, -0.25) is 9.59 Å². The Morgan fingerprint density at radius 2 is 2.33 bits per heavy atom. The van der Waals surface area contributed by atoms with Crippen LogP contribution in [0.5, 0.6) is 0 Å². The van der Waals surface area contributed by atoms with Gasteiger partial charge in [-0.1, -0.05) is 0 Å². The van der Waals surface area contributed by atoms with Crippen molar-refractivity contribution in [2.45, 2.75) is 31.7 Å². The highest BCUT2D eigenvalue weighted by molar-refractivity contribution is 6.17. The fraction of sp³-hybridized carbons (Fsp3) is 0.538. The summed E-state index contributed by atoms with van der Waals surface area (Å²) in [4.78, 5) is 28.0. The van der Waals surface area contributed by atoms with Crippen molar-refractivity contribution in [3.05, 3.63) is 34.2 Å². The van der Waals surface area contributed by atoms with Gasteiger partial charge in [0.15, 0.2) is 0 Å². The summed E-state index contributed by atoms with van der Waals surface area (Å²) in [5, 5.41) is 0. The summed E-state index contributed by atoms with van der Waals surface area (Å²) in [5.74, 6) is 0.500. The van der Waals surface area contributed by atoms with Gasteiger partial charge in [-0.05, 0) is 31.7 Å². The van der Waals surface area contributed by atoms with Crippen LogP contribution in [-0.2, 0) is 0 Å². The van der Waals surface area contributed by atoms with Gasteiger partial charge in [0, 0.05) is 36.3 Å². The Hall–Kier alpha value is -1.29. The third kappa shape index (κ3) is 2.93. The molecule has 0 radical (unpaired) electrons. The average molecular weight is 269 g/mol. The molecular formula is C13H17ClN2O2. The predicted octanol–water partition coefficient (Wildman–Crippen LogP) is 2.00. The Bertz CT molecular complexity index is 470. The van der Waals surface area contributed by atoms with Crippen LogP contribution in [0, 0.1) is 0 Å². The molecule has 1 amide bonds. The van der Waals surface area contributed by atoms with Crippen molar-refractivity contribution >= 4 is 17.5 Å². The van der Waals surface area contributed by atoms with Gasteiger partial charge in [-0.25, -0.2) is 0 Å². The average Bonchev–Trinajstić information content (AvgIpc) is 2.39. The van der Waals surface area contributed by atoms with Crippen molar-refractivity contribution in [2.75, 3.05) is 12.4 Å². The van der Waals surface area contributed by atoms with Gasteiger partial charge in [0.2, 0.25) is 5.56 Å². The lowest BCUT2D eigenvalue weighted by molar-refractivity contribution is 0.0609. The van der Waals surface area contributed by atoms with E-state index in [1.807, 2.05) is 4.90 Å². The zero-order valence-electron chi connectivity index (χ0n) is 10.2. The molecule has 1 N–H and O–H groups in total. The minimum atomic E-state index is -0.244. The van der Waals surface area contributed by atoms with Crippen LogP contribution in [0.1, 0.15) is 36.0 Å². The first kappa shape index (κ1) is 13.1. The Morgan fingerprint density at radius 3 is 3.06 bits per heavy atom. The number of aromatic amines is 1. The quantitative estimate of drug-likeness (QED) is 0.853. The summed E-state index contributed by atoms with van der Waals surface area (Å²) >= 11 is 5.78. The molecule has 1 aliphatic rings. The van der Waals surface area contributed by atoms with Crippen LogP contribution in [0.2, 0.25) is 0 Å². The second-order valence-electron chi connectivity index (χ2n) is 4.57. The van der Waals surface area contributed by atoms with E-state index in [9.17, 15) is 9.59 Å². The van der Waals surface area contributed by atoms with Gasteiger partial charge >= 0.3 is 0 Å². The highest BCUT2D eigenvalue weighted by Crippen LogP contribution is 2.21. The zero-order valence-corrected chi connectivity index (χ0v) is 10.9. The molecule has 1 unspecified atom stereocenters. The molecule has 1 aliphatic heterocycles. The number of nitrogens with zero attached hydrogens (tertiary/aromatic N) is 1. The Morgan fingerprint density at radius 1 is 1.50 bits per heavy atom. The molecule has 1 atom stereocenters. The van der Waals surface area contributed by atoms with Gasteiger partial charge in [-0.2, -0.15) is 0 Å². The van der Waals surface area contributed by atoms with Crippen LogP contribution in [0.3, 0.4) is 0 Å². The van der Waals surface area contributed by atoms with E-state index in [0.717, 1.165) is 32.2 Å². The van der Waals surface area contributed by atoms with Crippen molar-refractivity contribution in [1.82, 2.24) is 9.88 Å². The first-order valence-corrected chi connectivity index (χ1v) is 6.81. The second-order valence-corrected chi connectivity index (χ2v) is 4.95. The molecule has 1 aromatic heterocycles. The normalized spacial score (nSPS) is 19.8. The molecule has 1 fully saturated rings. The van der Waals surface area contributed by atoms with Crippen LogP contribution in [0.25, 0.3) is 0 Å². The first-order chi connectivity index (χ1) is 8.72. The fourth-order valence-corrected chi connectivity index (χ4v) is 2.69. The number of likely N-dealkylation sites (tertiary alicyclic amines) is 1. The lowest BCUT2D eigenvalue weighted by Crippen LogP contribution is -2.44. The Labute approximate surface area is 111 Å². The van der Waals surface area contributed by atoms with E-state index in [-0.39, 0.29) is 17.5 Å². The van der Waals surface area contributed by atoms with Crippen molar-refractivity contribution in [2.24, 2.45) is 0 Å². The first-order valence-electron chi connectivity index (χ1n) is 6.28. The summed E-state index contributed by atoms with van der Waals surface area (Å²) in [7, 11) is 0. The molecule has 18 heavy (non-hydrogen) atoms. The van der Waals surface area contributed by atoms with Crippen LogP contribution >= 0.6 is 11.6 Å². The second kappa shape index (κ2) is 6.05. The zero-order chi connectivity index (χ0) is 13.0. The number of amides is 1. The fourth-order valence-electron chi connectivity index (χ4n) is 2.44. The van der Waals surface area contributed by atoms with Crippen molar-refractivity contribution < 1.29 is 4.79 Å². The molecule has 2 heterocycles. The number of hydrogen-bond acceptors (Lipinski definition) is 2. The van der Waals surface area contributed by atoms with Crippen LogP contribution in [0.4, 0.5) is 0 Å². The maximum atomic E-state index is 12.4. The molecular weight excluding hydrogens is 252 g/mol. The number of aromatic nitrogens is 1. The SMILES string of the molecule is O=C(c1cc[nH]c(=O)c1)N1CCCCC1CCCl. The summed E-state index contributed by atoms with van der Waals surface area (Å²) in [5.41, 5.74) is 0.215. The third-order valence-electron chi connectivity index (χ3n) is 3.35. The monoisotopic (exact) mass is 268 g/mol. The largest absolute Gasteiger partial charge is 0.336 e. The number of H-pyrrole nitrogens is 1. The summed E-state index contributed by atoms with van der Waals surface area (Å²) in [6, 6.07) is 3.22. The maximum absolute atomic E-state index is 12.4. The van der Waals surface area contributed by atoms with Gasteiger partial charge < -0.3 is 9.88 Å². The minimum absolute atomic E-state index is 0.0593. The lowest BCUT2D eigenvalue weighted by atomic mass is 9.99. The molecule has 4 nitrogen and oxygen atoms in total. The van der Waals surface area contributed by atoms with Gasteiger partial charge in [0.25, 0.3) is 5.91 Å². The van der Waals surface area contributed by atoms with Crippen LogP contribution < -0.4 is 5.56 Å². The standard InChI is InChI=1S/C13H17ClN2O2/c14-6-4-11-3-1-2-8-16(11)13(18)10-5-7-15-12(17)9-10/h5,7,9,11H,1-4,6,8H2,(H,15,17). The number of alkyl halides is 1. The highest BCUT2D eigenvalue weighted by Gasteiger charge is 2.26. The number of halogens is 1. The lowest BCUT2D eigenvalue weighted by Gasteiger charge is -2.35. The van der Waals surface area contributed by atoms with Gasteiger partial charge in [-0.15, -0.1) is 11.6 Å². The number of carbonyl (C=O) groups excluding carboxylic acids is 1. The van der Waals surface area contributed by atoms with Crippen molar-refractivity contribution in [3.63, 3.8) is 0 Å². The van der Waals surface area contributed by atoms with Gasteiger partial charge in [0.1, 0.15) is 0 Å². The molecule has 0 aromatic carbocycles. The Balaban J connectivity index is 2.18. The molecule has 0 bridgehead atoms. The van der Waals surface area contributed by atoms with E-state index < -0.39 is 0 Å². The molecule has 0 spiro atoms. The van der Waals surface area contributed by atoms with Gasteiger partial charge in [0.05, 0.1) is 0 Å².